The molecule has 2 aromatic heterocycles. The van der Waals surface area contributed by atoms with Crippen molar-refractivity contribution >= 4 is 46.0 Å². The van der Waals surface area contributed by atoms with Gasteiger partial charge in [-0.25, -0.2) is 9.36 Å². The maximum atomic E-state index is 13.0. The van der Waals surface area contributed by atoms with Crippen LogP contribution in [0, 0.1) is 0 Å². The van der Waals surface area contributed by atoms with Gasteiger partial charge in [-0.1, -0.05) is 169 Å². The fourth-order valence-corrected chi connectivity index (χ4v) is 9.91. The minimum Gasteiger partial charge on any atom is -0.343 e. The molecule has 4 heterocycles. The second-order valence-corrected chi connectivity index (χ2v) is 19.2. The van der Waals surface area contributed by atoms with Gasteiger partial charge in [-0.2, -0.15) is 0 Å². The lowest BCUT2D eigenvalue weighted by molar-refractivity contribution is -0.132. The van der Waals surface area contributed by atoms with Crippen LogP contribution in [0.15, 0.2) is 170 Å². The molecule has 71 heavy (non-hydrogen) atoms. The molecule has 2 aliphatic rings. The molecule has 0 spiro atoms. The SMILES string of the molecule is Clc1ccc(Cn2nnnc2C2(c3ccccc3)CCNCC2)cc1.O=C(CCc1ccccc1)N1CCC(c2ccccc2)(c2nnnn2Cc2ccc(Cl)cc2)CC1.O=C(Cl)CCc1ccccc1. The Morgan fingerprint density at radius 2 is 0.887 bits per heavy atom. The van der Waals surface area contributed by atoms with Gasteiger partial charge in [-0.3, -0.25) is 9.59 Å². The Labute approximate surface area is 430 Å². The van der Waals surface area contributed by atoms with E-state index in [1.54, 1.807) is 0 Å². The lowest BCUT2D eigenvalue weighted by atomic mass is 9.72. The highest BCUT2D eigenvalue weighted by Crippen LogP contribution is 2.41. The van der Waals surface area contributed by atoms with Crippen molar-refractivity contribution in [2.24, 2.45) is 0 Å². The minimum atomic E-state index is -0.354. The molecule has 0 unspecified atom stereocenters. The molecule has 0 saturated carbocycles. The Hall–Kier alpha value is -6.57. The highest BCUT2D eigenvalue weighted by Gasteiger charge is 2.43. The number of amides is 1. The van der Waals surface area contributed by atoms with Crippen molar-refractivity contribution in [3.8, 4) is 0 Å². The maximum Gasteiger partial charge on any atom is 0.222 e. The van der Waals surface area contributed by atoms with Crippen molar-refractivity contribution in [3.05, 3.63) is 225 Å². The van der Waals surface area contributed by atoms with Crippen molar-refractivity contribution in [3.63, 3.8) is 0 Å². The number of rotatable bonds is 14. The van der Waals surface area contributed by atoms with E-state index >= 15 is 0 Å². The number of carbonyl (C=O) groups is 2. The summed E-state index contributed by atoms with van der Waals surface area (Å²) in [5.74, 6) is 1.99. The predicted octanol–water partition coefficient (Wildman–Crippen LogP) is 10.3. The third-order valence-electron chi connectivity index (χ3n) is 13.4. The van der Waals surface area contributed by atoms with E-state index in [2.05, 4.69) is 103 Å². The van der Waals surface area contributed by atoms with Crippen LogP contribution in [0.4, 0.5) is 0 Å². The van der Waals surface area contributed by atoms with Gasteiger partial charge in [0.2, 0.25) is 11.1 Å². The summed E-state index contributed by atoms with van der Waals surface area (Å²) in [6, 6.07) is 56.6. The Balaban J connectivity index is 0.000000163. The number of benzene rings is 6. The van der Waals surface area contributed by atoms with Crippen LogP contribution in [0.5, 0.6) is 0 Å². The fourth-order valence-electron chi connectivity index (χ4n) is 9.56. The predicted molar refractivity (Wildman–Crippen MR) is 279 cm³/mol. The number of hydrogen-bond acceptors (Lipinski definition) is 9. The van der Waals surface area contributed by atoms with Crippen LogP contribution in [0.3, 0.4) is 0 Å². The summed E-state index contributed by atoms with van der Waals surface area (Å²) in [6.45, 7) is 4.48. The Bertz CT molecular complexity index is 2870. The molecule has 1 N–H and O–H groups in total. The molecule has 0 aliphatic carbocycles. The number of nitrogens with zero attached hydrogens (tertiary/aromatic N) is 9. The molecule has 0 radical (unpaired) electrons. The van der Waals surface area contributed by atoms with E-state index in [-0.39, 0.29) is 22.0 Å². The molecule has 2 fully saturated rings. The van der Waals surface area contributed by atoms with Gasteiger partial charge in [0, 0.05) is 36.0 Å². The van der Waals surface area contributed by atoms with Gasteiger partial charge in [0.1, 0.15) is 0 Å². The number of piperidine rings is 2. The van der Waals surface area contributed by atoms with Gasteiger partial charge >= 0.3 is 0 Å². The smallest absolute Gasteiger partial charge is 0.222 e. The van der Waals surface area contributed by atoms with E-state index in [4.69, 9.17) is 34.8 Å². The monoisotopic (exact) mass is 1010 g/mol. The molecule has 0 bridgehead atoms. The van der Waals surface area contributed by atoms with E-state index in [0.717, 1.165) is 85.0 Å². The molecule has 364 valence electrons. The average molecular weight is 1010 g/mol. The lowest BCUT2D eigenvalue weighted by Crippen LogP contribution is -2.47. The third-order valence-corrected chi connectivity index (χ3v) is 14.1. The van der Waals surface area contributed by atoms with E-state index in [1.165, 1.54) is 16.7 Å². The number of carbonyl (C=O) groups excluding carboxylic acids is 2. The quantitative estimate of drug-likeness (QED) is 0.106. The zero-order chi connectivity index (χ0) is 49.3. The standard InChI is InChI=1S/C28H28ClN5O.C19H20ClN5.C9H9ClO/c29-25-14-11-23(12-15-25)21-34-27(30-31-32-34)28(24-9-5-2-6-10-24)17-19-33(20-18-28)26(35)16-13-22-7-3-1-4-8-22;20-17-8-6-15(7-9-17)14-25-18(22-23-24-25)19(10-12-21-13-11-19)16-4-2-1-3-5-16;10-9(11)7-6-8-4-2-1-3-5-8/h1-12,14-15H,13,16-21H2;1-9,21H,10-14H2;1-5H,6-7H2. The molecule has 10 rings (SSSR count). The van der Waals surface area contributed by atoms with Crippen LogP contribution in [-0.2, 0) is 46.4 Å². The number of halogens is 3. The van der Waals surface area contributed by atoms with Gasteiger partial charge < -0.3 is 10.2 Å². The van der Waals surface area contributed by atoms with Crippen LogP contribution >= 0.6 is 34.8 Å². The van der Waals surface area contributed by atoms with Crippen molar-refractivity contribution in [2.45, 2.75) is 75.3 Å². The lowest BCUT2D eigenvalue weighted by Gasteiger charge is -2.41. The molecule has 8 aromatic rings. The highest BCUT2D eigenvalue weighted by atomic mass is 35.5. The normalized spacial score (nSPS) is 14.8. The van der Waals surface area contributed by atoms with Crippen LogP contribution < -0.4 is 5.32 Å². The van der Waals surface area contributed by atoms with Crippen LogP contribution in [0.1, 0.15) is 83.6 Å². The first-order valence-electron chi connectivity index (χ1n) is 24.1. The molecule has 0 atom stereocenters. The largest absolute Gasteiger partial charge is 0.343 e. The zero-order valence-corrected chi connectivity index (χ0v) is 41.8. The van der Waals surface area contributed by atoms with E-state index < -0.39 is 0 Å². The second-order valence-electron chi connectivity index (χ2n) is 17.9. The second kappa shape index (κ2) is 25.0. The molecule has 15 heteroatoms. The number of aryl methyl sites for hydroxylation is 2. The Morgan fingerprint density at radius 3 is 1.31 bits per heavy atom. The number of hydrogen-bond donors (Lipinski definition) is 1. The molecular formula is C56H57Cl3N10O2. The highest BCUT2D eigenvalue weighted by molar-refractivity contribution is 6.63. The molecule has 2 saturated heterocycles. The van der Waals surface area contributed by atoms with Crippen molar-refractivity contribution in [2.75, 3.05) is 26.2 Å². The van der Waals surface area contributed by atoms with Gasteiger partial charge in [0.15, 0.2) is 11.6 Å². The Kier molecular flexibility index (Phi) is 17.9. The topological polar surface area (TPSA) is 137 Å². The van der Waals surface area contributed by atoms with Crippen LogP contribution in [-0.4, -0.2) is 82.6 Å². The first-order chi connectivity index (χ1) is 34.7. The van der Waals surface area contributed by atoms with Crippen molar-refractivity contribution in [1.29, 1.82) is 0 Å². The van der Waals surface area contributed by atoms with Gasteiger partial charge in [0.05, 0.1) is 23.9 Å². The van der Waals surface area contributed by atoms with E-state index in [1.807, 2.05) is 117 Å². The first-order valence-corrected chi connectivity index (χ1v) is 25.2. The summed E-state index contributed by atoms with van der Waals surface area (Å²) in [5, 5.41) is 30.3. The average Bonchev–Trinajstić information content (AvgIpc) is 4.11. The van der Waals surface area contributed by atoms with E-state index in [9.17, 15) is 9.59 Å². The number of aromatic nitrogens is 8. The van der Waals surface area contributed by atoms with E-state index in [0.29, 0.717) is 44.0 Å². The summed E-state index contributed by atoms with van der Waals surface area (Å²) in [6.07, 6.45) is 5.96. The third kappa shape index (κ3) is 13.4. The molecular weight excluding hydrogens is 951 g/mol. The minimum absolute atomic E-state index is 0.150. The summed E-state index contributed by atoms with van der Waals surface area (Å²) in [4.78, 5) is 25.4. The summed E-state index contributed by atoms with van der Waals surface area (Å²) in [7, 11) is 0. The summed E-state index contributed by atoms with van der Waals surface area (Å²) >= 11 is 17.2. The number of nitrogens with one attached hydrogen (secondary N) is 1. The summed E-state index contributed by atoms with van der Waals surface area (Å²) < 4.78 is 3.82. The Morgan fingerprint density at radius 1 is 0.493 bits per heavy atom. The van der Waals surface area contributed by atoms with Gasteiger partial charge in [-0.15, -0.1) is 10.2 Å². The van der Waals surface area contributed by atoms with Crippen molar-refractivity contribution < 1.29 is 9.59 Å². The fraction of sp³-hybridized carbons (Fsp3) is 0.286. The molecule has 6 aromatic carbocycles. The number of likely N-dealkylation sites (tertiary alicyclic amines) is 1. The number of tetrazole rings is 2. The van der Waals surface area contributed by atoms with Crippen LogP contribution in [0.2, 0.25) is 10.0 Å². The van der Waals surface area contributed by atoms with Gasteiger partial charge in [0.25, 0.3) is 0 Å². The summed E-state index contributed by atoms with van der Waals surface area (Å²) in [5.41, 5.74) is 6.52. The molecule has 12 nitrogen and oxygen atoms in total. The maximum absolute atomic E-state index is 13.0. The van der Waals surface area contributed by atoms with Gasteiger partial charge in [-0.05, 0) is 142 Å². The van der Waals surface area contributed by atoms with Crippen molar-refractivity contribution in [1.82, 2.24) is 50.6 Å². The zero-order valence-electron chi connectivity index (χ0n) is 39.5. The first kappa shape index (κ1) is 50.8. The molecule has 2 aliphatic heterocycles. The molecule has 1 amide bonds. The van der Waals surface area contributed by atoms with Crippen LogP contribution in [0.25, 0.3) is 0 Å².